The maximum atomic E-state index is 12.0. The second-order valence-electron chi connectivity index (χ2n) is 5.32. The van der Waals surface area contributed by atoms with Crippen molar-refractivity contribution in [3.63, 3.8) is 0 Å². The molecule has 0 unspecified atom stereocenters. The molecule has 3 rings (SSSR count). The quantitative estimate of drug-likeness (QED) is 0.498. The monoisotopic (exact) mass is 352 g/mol. The first-order valence-corrected chi connectivity index (χ1v) is 8.03. The van der Waals surface area contributed by atoms with Gasteiger partial charge in [-0.25, -0.2) is 0 Å². The summed E-state index contributed by atoms with van der Waals surface area (Å²) in [7, 11) is 0. The van der Waals surface area contributed by atoms with E-state index in [1.807, 2.05) is 47.2 Å². The highest BCUT2D eigenvalue weighted by Crippen LogP contribution is 2.14. The van der Waals surface area contributed by atoms with E-state index < -0.39 is 0 Å². The van der Waals surface area contributed by atoms with Crippen molar-refractivity contribution in [2.75, 3.05) is 0 Å². The number of benzene rings is 2. The molecule has 0 atom stereocenters. The van der Waals surface area contributed by atoms with Crippen molar-refractivity contribution in [2.45, 2.75) is 6.54 Å². The third kappa shape index (κ3) is 4.21. The molecular formula is C18H16N4O2S. The second-order valence-corrected chi connectivity index (χ2v) is 5.73. The van der Waals surface area contributed by atoms with Gasteiger partial charge < -0.3 is 4.57 Å². The van der Waals surface area contributed by atoms with Gasteiger partial charge in [-0.2, -0.15) is 0 Å². The molecular weight excluding hydrogens is 336 g/mol. The summed E-state index contributed by atoms with van der Waals surface area (Å²) in [6.45, 7) is 0.135. The minimum absolute atomic E-state index is 0.0274. The minimum atomic E-state index is -0.344. The van der Waals surface area contributed by atoms with Gasteiger partial charge in [0.2, 0.25) is 0 Å². The molecule has 7 heteroatoms. The van der Waals surface area contributed by atoms with E-state index in [4.69, 9.17) is 12.2 Å². The zero-order valence-corrected chi connectivity index (χ0v) is 14.0. The number of hydrogen-bond acceptors (Lipinski definition) is 3. The van der Waals surface area contributed by atoms with Crippen molar-refractivity contribution >= 4 is 40.0 Å². The van der Waals surface area contributed by atoms with Crippen LogP contribution >= 0.6 is 12.2 Å². The fourth-order valence-electron chi connectivity index (χ4n) is 2.40. The standard InChI is InChI=1S/C18H16N4O2S/c23-16(12-22-11-10-13-6-4-5-9-15(13)22)20-21-18(25)19-17(24)14-7-2-1-3-8-14/h1-11H,12H2,(H,20,23)(H2,19,21,24,25). The van der Waals surface area contributed by atoms with Crippen LogP contribution in [-0.4, -0.2) is 21.5 Å². The predicted molar refractivity (Wildman–Crippen MR) is 99.7 cm³/mol. The molecule has 126 valence electrons. The Kier molecular flexibility index (Phi) is 5.06. The summed E-state index contributed by atoms with van der Waals surface area (Å²) in [6.07, 6.45) is 1.85. The fraction of sp³-hybridized carbons (Fsp3) is 0.0556. The lowest BCUT2D eigenvalue weighted by Gasteiger charge is -2.11. The molecule has 25 heavy (non-hydrogen) atoms. The summed E-state index contributed by atoms with van der Waals surface area (Å²) in [4.78, 5) is 24.0. The van der Waals surface area contributed by atoms with Crippen LogP contribution < -0.4 is 16.2 Å². The van der Waals surface area contributed by atoms with Crippen molar-refractivity contribution in [1.29, 1.82) is 0 Å². The van der Waals surface area contributed by atoms with E-state index in [2.05, 4.69) is 16.2 Å². The first-order chi connectivity index (χ1) is 12.1. The van der Waals surface area contributed by atoms with Crippen molar-refractivity contribution in [2.24, 2.45) is 0 Å². The molecule has 2 amide bonds. The van der Waals surface area contributed by atoms with Gasteiger partial charge in [-0.3, -0.25) is 25.8 Å². The molecule has 0 saturated heterocycles. The van der Waals surface area contributed by atoms with Gasteiger partial charge in [0.1, 0.15) is 6.54 Å². The van der Waals surface area contributed by atoms with Crippen LogP contribution in [0, 0.1) is 0 Å². The molecule has 0 aliphatic rings. The van der Waals surface area contributed by atoms with Gasteiger partial charge in [0.15, 0.2) is 5.11 Å². The largest absolute Gasteiger partial charge is 0.338 e. The Balaban J connectivity index is 1.50. The number of carbonyl (C=O) groups is 2. The van der Waals surface area contributed by atoms with E-state index in [-0.39, 0.29) is 23.5 Å². The Labute approximate surface area is 149 Å². The van der Waals surface area contributed by atoms with Gasteiger partial charge in [0, 0.05) is 17.3 Å². The Hall–Kier alpha value is -3.19. The average molecular weight is 352 g/mol. The summed E-state index contributed by atoms with van der Waals surface area (Å²) >= 11 is 5.01. The van der Waals surface area contributed by atoms with Crippen molar-refractivity contribution in [1.82, 2.24) is 20.7 Å². The van der Waals surface area contributed by atoms with Crippen LogP contribution in [0.25, 0.3) is 10.9 Å². The van der Waals surface area contributed by atoms with E-state index in [9.17, 15) is 9.59 Å². The number of aromatic nitrogens is 1. The summed E-state index contributed by atoms with van der Waals surface area (Å²) < 4.78 is 1.83. The zero-order chi connectivity index (χ0) is 17.6. The molecule has 0 radical (unpaired) electrons. The van der Waals surface area contributed by atoms with Crippen LogP contribution in [0.15, 0.2) is 66.9 Å². The van der Waals surface area contributed by atoms with E-state index in [1.165, 1.54) is 0 Å². The summed E-state index contributed by atoms with van der Waals surface area (Å²) in [6, 6.07) is 18.4. The van der Waals surface area contributed by atoms with Gasteiger partial charge in [-0.1, -0.05) is 36.4 Å². The number of para-hydroxylation sites is 1. The van der Waals surface area contributed by atoms with Crippen LogP contribution in [0.2, 0.25) is 0 Å². The topological polar surface area (TPSA) is 75.2 Å². The van der Waals surface area contributed by atoms with E-state index >= 15 is 0 Å². The van der Waals surface area contributed by atoms with Gasteiger partial charge >= 0.3 is 0 Å². The summed E-state index contributed by atoms with van der Waals surface area (Å²) in [5, 5.41) is 3.59. The molecule has 2 aromatic carbocycles. The molecule has 0 aliphatic heterocycles. The highest BCUT2D eigenvalue weighted by molar-refractivity contribution is 7.80. The Morgan fingerprint density at radius 3 is 2.44 bits per heavy atom. The van der Waals surface area contributed by atoms with Crippen molar-refractivity contribution in [3.05, 3.63) is 72.4 Å². The number of nitrogens with one attached hydrogen (secondary N) is 3. The Morgan fingerprint density at radius 1 is 0.920 bits per heavy atom. The Bertz CT molecular complexity index is 921. The highest BCUT2D eigenvalue weighted by atomic mass is 32.1. The maximum absolute atomic E-state index is 12.0. The number of thiocarbonyl (C=S) groups is 1. The molecule has 3 N–H and O–H groups in total. The van der Waals surface area contributed by atoms with Crippen LogP contribution in [0.1, 0.15) is 10.4 Å². The highest BCUT2D eigenvalue weighted by Gasteiger charge is 2.09. The molecule has 0 bridgehead atoms. The normalized spacial score (nSPS) is 10.2. The molecule has 0 fully saturated rings. The summed E-state index contributed by atoms with van der Waals surface area (Å²) in [5.41, 5.74) is 6.46. The van der Waals surface area contributed by atoms with Crippen LogP contribution in [0.5, 0.6) is 0 Å². The van der Waals surface area contributed by atoms with Gasteiger partial charge in [-0.05, 0) is 41.9 Å². The first kappa shape index (κ1) is 16.7. The smallest absolute Gasteiger partial charge is 0.258 e. The number of hydrogen-bond donors (Lipinski definition) is 3. The van der Waals surface area contributed by atoms with Crippen LogP contribution in [0.4, 0.5) is 0 Å². The van der Waals surface area contributed by atoms with E-state index in [0.29, 0.717) is 5.56 Å². The lowest BCUT2D eigenvalue weighted by Crippen LogP contribution is -2.49. The van der Waals surface area contributed by atoms with Gasteiger partial charge in [0.05, 0.1) is 0 Å². The molecule has 0 saturated carbocycles. The molecule has 1 heterocycles. The van der Waals surface area contributed by atoms with Gasteiger partial charge in [-0.15, -0.1) is 0 Å². The third-order valence-corrected chi connectivity index (χ3v) is 3.78. The SMILES string of the molecule is O=C(Cn1ccc2ccccc21)NNC(=S)NC(=O)c1ccccc1. The van der Waals surface area contributed by atoms with Crippen molar-refractivity contribution < 1.29 is 9.59 Å². The number of carbonyl (C=O) groups excluding carboxylic acids is 2. The molecule has 1 aromatic heterocycles. The summed E-state index contributed by atoms with van der Waals surface area (Å²) in [5.74, 6) is -0.624. The lowest BCUT2D eigenvalue weighted by atomic mass is 10.2. The average Bonchev–Trinajstić information content (AvgIpc) is 3.04. The van der Waals surface area contributed by atoms with Gasteiger partial charge in [0.25, 0.3) is 11.8 Å². The number of hydrazine groups is 1. The third-order valence-electron chi connectivity index (χ3n) is 3.57. The predicted octanol–water partition coefficient (Wildman–Crippen LogP) is 1.98. The number of amides is 2. The number of nitrogens with zero attached hydrogens (tertiary/aromatic N) is 1. The Morgan fingerprint density at radius 2 is 1.64 bits per heavy atom. The fourth-order valence-corrected chi connectivity index (χ4v) is 2.54. The number of fused-ring (bicyclic) bond motifs is 1. The van der Waals surface area contributed by atoms with E-state index in [1.54, 1.807) is 24.3 Å². The molecule has 3 aromatic rings. The second kappa shape index (κ2) is 7.59. The number of rotatable bonds is 3. The zero-order valence-electron chi connectivity index (χ0n) is 13.2. The minimum Gasteiger partial charge on any atom is -0.338 e. The van der Waals surface area contributed by atoms with Crippen LogP contribution in [0.3, 0.4) is 0 Å². The van der Waals surface area contributed by atoms with Crippen molar-refractivity contribution in [3.8, 4) is 0 Å². The molecule has 0 spiro atoms. The lowest BCUT2D eigenvalue weighted by molar-refractivity contribution is -0.122. The first-order valence-electron chi connectivity index (χ1n) is 7.62. The van der Waals surface area contributed by atoms with Crippen LogP contribution in [-0.2, 0) is 11.3 Å². The molecule has 6 nitrogen and oxygen atoms in total. The maximum Gasteiger partial charge on any atom is 0.258 e. The molecule has 0 aliphatic carbocycles. The van der Waals surface area contributed by atoms with E-state index in [0.717, 1.165) is 10.9 Å².